The van der Waals surface area contributed by atoms with Crippen molar-refractivity contribution in [1.82, 2.24) is 0 Å². The molecule has 2 fully saturated rings. The number of ketones is 1. The summed E-state index contributed by atoms with van der Waals surface area (Å²) in [6, 6.07) is 0. The molecule has 0 amide bonds. The third-order valence-corrected chi connectivity index (χ3v) is 5.55. The number of hydrogen-bond donors (Lipinski definition) is 0. The molecule has 114 valence electrons. The van der Waals surface area contributed by atoms with Crippen LogP contribution in [0.4, 0.5) is 0 Å². The Labute approximate surface area is 122 Å². The fourth-order valence-corrected chi connectivity index (χ4v) is 4.39. The molecular formula is C17H28O3. The summed E-state index contributed by atoms with van der Waals surface area (Å²) < 4.78 is 5.17. The number of rotatable bonds is 3. The van der Waals surface area contributed by atoms with E-state index in [4.69, 9.17) is 4.74 Å². The first-order chi connectivity index (χ1) is 9.49. The monoisotopic (exact) mass is 280 g/mol. The van der Waals surface area contributed by atoms with Gasteiger partial charge in [0.2, 0.25) is 0 Å². The molecule has 0 aliphatic heterocycles. The highest BCUT2D eigenvalue weighted by atomic mass is 16.5. The summed E-state index contributed by atoms with van der Waals surface area (Å²) in [5.74, 6) is 0.375. The van der Waals surface area contributed by atoms with Crippen LogP contribution in [0.15, 0.2) is 0 Å². The Balaban J connectivity index is 2.18. The van der Waals surface area contributed by atoms with Gasteiger partial charge in [0.1, 0.15) is 5.78 Å². The van der Waals surface area contributed by atoms with Crippen LogP contribution >= 0.6 is 0 Å². The number of ether oxygens (including phenoxy) is 1. The zero-order chi connectivity index (χ0) is 14.8. The van der Waals surface area contributed by atoms with Crippen LogP contribution in [0.25, 0.3) is 0 Å². The van der Waals surface area contributed by atoms with Crippen molar-refractivity contribution < 1.29 is 14.3 Å². The second-order valence-corrected chi connectivity index (χ2v) is 6.90. The van der Waals surface area contributed by atoms with Gasteiger partial charge in [0.15, 0.2) is 0 Å². The van der Waals surface area contributed by atoms with E-state index in [0.717, 1.165) is 25.7 Å². The average molecular weight is 280 g/mol. The zero-order valence-corrected chi connectivity index (χ0v) is 13.1. The molecule has 0 spiro atoms. The van der Waals surface area contributed by atoms with Crippen LogP contribution in [0.3, 0.4) is 0 Å². The maximum Gasteiger partial charge on any atom is 0.308 e. The van der Waals surface area contributed by atoms with Gasteiger partial charge in [0.25, 0.3) is 0 Å². The topological polar surface area (TPSA) is 43.4 Å². The first-order valence-electron chi connectivity index (χ1n) is 8.19. The minimum Gasteiger partial charge on any atom is -0.466 e. The fraction of sp³-hybridized carbons (Fsp3) is 0.882. The van der Waals surface area contributed by atoms with Crippen molar-refractivity contribution in [2.24, 2.45) is 23.2 Å². The van der Waals surface area contributed by atoms with E-state index >= 15 is 0 Å². The molecule has 2 saturated carbocycles. The molecule has 0 N–H and O–H groups in total. The lowest BCUT2D eigenvalue weighted by Crippen LogP contribution is -2.37. The molecule has 0 radical (unpaired) electrons. The Hall–Kier alpha value is -0.860. The molecule has 3 nitrogen and oxygen atoms in total. The molecule has 2 aliphatic carbocycles. The second-order valence-electron chi connectivity index (χ2n) is 6.90. The molecule has 3 heteroatoms. The summed E-state index contributed by atoms with van der Waals surface area (Å²) >= 11 is 0. The smallest absolute Gasteiger partial charge is 0.308 e. The van der Waals surface area contributed by atoms with Crippen molar-refractivity contribution in [3.05, 3.63) is 0 Å². The van der Waals surface area contributed by atoms with Gasteiger partial charge in [-0.15, -0.1) is 0 Å². The van der Waals surface area contributed by atoms with Gasteiger partial charge in [-0.3, -0.25) is 9.59 Å². The van der Waals surface area contributed by atoms with E-state index in [2.05, 4.69) is 6.92 Å². The molecule has 0 heterocycles. The van der Waals surface area contributed by atoms with Crippen LogP contribution in [0.1, 0.15) is 65.7 Å². The van der Waals surface area contributed by atoms with E-state index in [1.54, 1.807) is 0 Å². The van der Waals surface area contributed by atoms with Gasteiger partial charge < -0.3 is 4.74 Å². The summed E-state index contributed by atoms with van der Waals surface area (Å²) in [4.78, 5) is 24.6. The largest absolute Gasteiger partial charge is 0.466 e. The Bertz CT molecular complexity index is 376. The van der Waals surface area contributed by atoms with E-state index in [9.17, 15) is 9.59 Å². The number of esters is 1. The van der Waals surface area contributed by atoms with Crippen LogP contribution < -0.4 is 0 Å². The van der Waals surface area contributed by atoms with Crippen molar-refractivity contribution in [2.75, 3.05) is 6.61 Å². The predicted molar refractivity (Wildman–Crippen MR) is 78.2 cm³/mol. The molecule has 2 rings (SSSR count). The third-order valence-electron chi connectivity index (χ3n) is 5.55. The summed E-state index contributed by atoms with van der Waals surface area (Å²) in [6.45, 7) is 6.47. The number of carbonyl (C=O) groups is 2. The number of fused-ring (bicyclic) bond motifs is 1. The highest BCUT2D eigenvalue weighted by Gasteiger charge is 2.51. The maximum atomic E-state index is 12.6. The molecule has 2 aliphatic rings. The van der Waals surface area contributed by atoms with Gasteiger partial charge >= 0.3 is 5.97 Å². The second kappa shape index (κ2) is 6.28. The average Bonchev–Trinajstić information content (AvgIpc) is 2.73. The number of hydrogen-bond acceptors (Lipinski definition) is 3. The van der Waals surface area contributed by atoms with Crippen LogP contribution in [0.2, 0.25) is 0 Å². The van der Waals surface area contributed by atoms with Crippen LogP contribution in [-0.2, 0) is 14.3 Å². The molecule has 4 atom stereocenters. The maximum absolute atomic E-state index is 12.6. The van der Waals surface area contributed by atoms with E-state index in [1.807, 2.05) is 13.8 Å². The SMILES string of the molecule is CCOC(=O)[C@@H](C)[C@H]1CC[C@]2(C)CCCCCC(=O)[C@H]12. The lowest BCUT2D eigenvalue weighted by atomic mass is 9.67. The Kier molecular flexibility index (Phi) is 4.87. The summed E-state index contributed by atoms with van der Waals surface area (Å²) in [6.07, 6.45) is 7.32. The summed E-state index contributed by atoms with van der Waals surface area (Å²) in [7, 11) is 0. The molecule has 0 bridgehead atoms. The van der Waals surface area contributed by atoms with E-state index < -0.39 is 0 Å². The highest BCUT2D eigenvalue weighted by molar-refractivity contribution is 5.83. The summed E-state index contributed by atoms with van der Waals surface area (Å²) in [5.41, 5.74) is 0.114. The standard InChI is InChI=1S/C17H28O3/c1-4-20-16(19)12(2)13-9-11-17(3)10-7-5-6-8-14(18)15(13)17/h12-13,15H,4-11H2,1-3H3/t12-,13+,15-,17-/m0/s1. The molecule has 0 aromatic heterocycles. The van der Waals surface area contributed by atoms with Gasteiger partial charge in [-0.1, -0.05) is 26.7 Å². The van der Waals surface area contributed by atoms with Crippen molar-refractivity contribution in [3.8, 4) is 0 Å². The highest BCUT2D eigenvalue weighted by Crippen LogP contribution is 2.54. The van der Waals surface area contributed by atoms with Crippen molar-refractivity contribution in [3.63, 3.8) is 0 Å². The van der Waals surface area contributed by atoms with Gasteiger partial charge in [-0.2, -0.15) is 0 Å². The van der Waals surface area contributed by atoms with E-state index in [-0.39, 0.29) is 29.1 Å². The zero-order valence-electron chi connectivity index (χ0n) is 13.1. The Morgan fingerprint density at radius 2 is 2.10 bits per heavy atom. The molecular weight excluding hydrogens is 252 g/mol. The lowest BCUT2D eigenvalue weighted by molar-refractivity contribution is -0.150. The van der Waals surface area contributed by atoms with Gasteiger partial charge in [-0.05, 0) is 43.9 Å². The molecule has 0 saturated heterocycles. The minimum absolute atomic E-state index is 0.0715. The number of carbonyl (C=O) groups excluding carboxylic acids is 2. The van der Waals surface area contributed by atoms with E-state index in [0.29, 0.717) is 18.8 Å². The molecule has 0 unspecified atom stereocenters. The van der Waals surface area contributed by atoms with Gasteiger partial charge in [0.05, 0.1) is 12.5 Å². The summed E-state index contributed by atoms with van der Waals surface area (Å²) in [5, 5.41) is 0. The van der Waals surface area contributed by atoms with Gasteiger partial charge in [-0.25, -0.2) is 0 Å². The Morgan fingerprint density at radius 3 is 2.80 bits per heavy atom. The fourth-order valence-electron chi connectivity index (χ4n) is 4.39. The van der Waals surface area contributed by atoms with Gasteiger partial charge in [0, 0.05) is 12.3 Å². The van der Waals surface area contributed by atoms with Crippen molar-refractivity contribution in [1.29, 1.82) is 0 Å². The van der Waals surface area contributed by atoms with E-state index in [1.165, 1.54) is 12.8 Å². The van der Waals surface area contributed by atoms with Crippen molar-refractivity contribution >= 4 is 11.8 Å². The van der Waals surface area contributed by atoms with Crippen LogP contribution in [0, 0.1) is 23.2 Å². The Morgan fingerprint density at radius 1 is 1.35 bits per heavy atom. The first-order valence-corrected chi connectivity index (χ1v) is 8.19. The molecule has 20 heavy (non-hydrogen) atoms. The predicted octanol–water partition coefficient (Wildman–Crippen LogP) is 3.75. The molecule has 0 aromatic carbocycles. The first kappa shape index (κ1) is 15.5. The number of Topliss-reactive ketones (excluding diaryl/α,β-unsaturated/α-hetero) is 1. The molecule has 0 aromatic rings. The minimum atomic E-state index is -0.148. The normalized spacial score (nSPS) is 35.9. The van der Waals surface area contributed by atoms with Crippen LogP contribution in [-0.4, -0.2) is 18.4 Å². The lowest BCUT2D eigenvalue weighted by Gasteiger charge is -2.36. The quantitative estimate of drug-likeness (QED) is 0.739. The van der Waals surface area contributed by atoms with Crippen LogP contribution in [0.5, 0.6) is 0 Å². The van der Waals surface area contributed by atoms with Crippen molar-refractivity contribution in [2.45, 2.75) is 65.7 Å². The third kappa shape index (κ3) is 2.91.